The zero-order valence-electron chi connectivity index (χ0n) is 37.2. The number of unbranched alkanes of at least 4 members (excludes halogenated alkanes) is 18. The molecule has 0 amide bonds. The summed E-state index contributed by atoms with van der Waals surface area (Å²) in [5, 5.41) is 20.8. The van der Waals surface area contributed by atoms with Gasteiger partial charge in [0.2, 0.25) is 0 Å². The van der Waals surface area contributed by atoms with Gasteiger partial charge in [0.25, 0.3) is 7.82 Å². The first kappa shape index (κ1) is 54.4. The van der Waals surface area contributed by atoms with E-state index in [2.05, 4.69) is 13.8 Å². The minimum atomic E-state index is -4.69. The Hall–Kier alpha value is -1.66. The highest BCUT2D eigenvalue weighted by Gasteiger charge is 2.39. The Morgan fingerprint density at radius 2 is 1.29 bits per heavy atom. The number of hydrogen-bond donors (Lipinski definition) is 2. The number of rotatable bonds is 38. The van der Waals surface area contributed by atoms with Gasteiger partial charge in [-0.3, -0.25) is 18.9 Å². The number of ketones is 1. The first-order chi connectivity index (χ1) is 27.7. The molecule has 1 unspecified atom stereocenters. The summed E-state index contributed by atoms with van der Waals surface area (Å²) < 4.78 is 33.9. The van der Waals surface area contributed by atoms with E-state index in [1.165, 1.54) is 64.2 Å². The summed E-state index contributed by atoms with van der Waals surface area (Å²) in [4.78, 5) is 50.3. The van der Waals surface area contributed by atoms with Crippen LogP contribution in [0.2, 0.25) is 0 Å². The molecule has 0 aromatic heterocycles. The molecule has 0 radical (unpaired) electrons. The smallest absolute Gasteiger partial charge is 0.306 e. The van der Waals surface area contributed by atoms with Crippen molar-refractivity contribution >= 4 is 25.5 Å². The fourth-order valence-corrected chi connectivity index (χ4v) is 7.99. The minimum absolute atomic E-state index is 0.000310. The van der Waals surface area contributed by atoms with Gasteiger partial charge in [0, 0.05) is 25.2 Å². The van der Waals surface area contributed by atoms with Crippen LogP contribution in [0.4, 0.5) is 0 Å². The van der Waals surface area contributed by atoms with E-state index in [4.69, 9.17) is 18.5 Å². The average molecular weight is 846 g/mol. The van der Waals surface area contributed by atoms with Crippen LogP contribution in [-0.2, 0) is 37.5 Å². The molecule has 0 heterocycles. The predicted molar refractivity (Wildman–Crippen MR) is 228 cm³/mol. The molecule has 58 heavy (non-hydrogen) atoms. The summed E-state index contributed by atoms with van der Waals surface area (Å²) in [5.41, 5.74) is 0. The number of aliphatic hydroxyl groups is 2. The molecule has 0 saturated heterocycles. The van der Waals surface area contributed by atoms with E-state index < -0.39 is 50.6 Å². The van der Waals surface area contributed by atoms with E-state index in [0.717, 1.165) is 51.4 Å². The molecule has 1 aliphatic carbocycles. The molecule has 6 atom stereocenters. The molecule has 1 saturated carbocycles. The van der Waals surface area contributed by atoms with Crippen molar-refractivity contribution in [2.24, 2.45) is 11.8 Å². The number of likely N-dealkylation sites (N-methyl/N-ethyl adjacent to an activating group) is 1. The first-order valence-electron chi connectivity index (χ1n) is 23.0. The molecule has 0 aliphatic heterocycles. The summed E-state index contributed by atoms with van der Waals surface area (Å²) in [6, 6.07) is 0. The number of ether oxygens (including phenoxy) is 2. The lowest BCUT2D eigenvalue weighted by atomic mass is 9.88. The average Bonchev–Trinajstić information content (AvgIpc) is 3.43. The topological polar surface area (TPSA) is 169 Å². The third-order valence-electron chi connectivity index (χ3n) is 10.9. The standard InChI is InChI=1S/C45H84NO11P/c1-6-8-10-11-12-13-14-15-16-17-18-19-20-25-29-44(50)54-36-39(37-56-58(52,53)55-34-33-46(3,4)5)57-45(51)30-26-22-21-24-28-40-41(43(49)35-42(40)48)32-31-38(47)27-23-9-7-2/h31-32,38-42,47-48H,6-30,33-37H2,1-5H3/b32-31+/t38-,39+,40+,41+,42-/m0/s1. The number of carbonyl (C=O) groups is 3. The number of allylic oxidation sites excluding steroid dienone is 1. The van der Waals surface area contributed by atoms with Crippen LogP contribution in [0.5, 0.6) is 0 Å². The van der Waals surface area contributed by atoms with E-state index in [0.29, 0.717) is 43.1 Å². The minimum Gasteiger partial charge on any atom is -0.756 e. The lowest BCUT2D eigenvalue weighted by Gasteiger charge is -2.28. The monoisotopic (exact) mass is 846 g/mol. The maximum absolute atomic E-state index is 12.8. The van der Waals surface area contributed by atoms with Crippen molar-refractivity contribution in [1.29, 1.82) is 0 Å². The number of Topliss-reactive ketones (excluding diaryl/α,β-unsaturated/α-hetero) is 1. The lowest BCUT2D eigenvalue weighted by molar-refractivity contribution is -0.870. The predicted octanol–water partition coefficient (Wildman–Crippen LogP) is 8.92. The molecule has 0 bridgehead atoms. The second kappa shape index (κ2) is 33.0. The van der Waals surface area contributed by atoms with Crippen LogP contribution < -0.4 is 4.89 Å². The van der Waals surface area contributed by atoms with Crippen LogP contribution >= 0.6 is 7.82 Å². The molecular formula is C45H84NO11P. The Morgan fingerprint density at radius 1 is 0.776 bits per heavy atom. The number of phosphoric acid groups is 1. The van der Waals surface area contributed by atoms with Crippen molar-refractivity contribution < 1.29 is 57.1 Å². The summed E-state index contributed by atoms with van der Waals surface area (Å²) in [7, 11) is 1.03. The van der Waals surface area contributed by atoms with Gasteiger partial charge < -0.3 is 38.1 Å². The fourth-order valence-electron chi connectivity index (χ4n) is 7.27. The Morgan fingerprint density at radius 3 is 1.86 bits per heavy atom. The fraction of sp³-hybridized carbons (Fsp3) is 0.889. The van der Waals surface area contributed by atoms with E-state index in [1.807, 2.05) is 21.1 Å². The third kappa shape index (κ3) is 29.5. The molecule has 340 valence electrons. The number of nitrogens with zero attached hydrogens (tertiary/aromatic N) is 1. The molecule has 1 aliphatic rings. The maximum Gasteiger partial charge on any atom is 0.306 e. The normalized spacial score (nSPS) is 19.4. The van der Waals surface area contributed by atoms with Crippen LogP contribution in [0, 0.1) is 11.8 Å². The second-order valence-corrected chi connectivity index (χ2v) is 19.0. The number of esters is 2. The molecular weight excluding hydrogens is 761 g/mol. The Balaban J connectivity index is 2.46. The van der Waals surface area contributed by atoms with Crippen molar-refractivity contribution in [3.8, 4) is 0 Å². The highest BCUT2D eigenvalue weighted by Crippen LogP contribution is 2.38. The highest BCUT2D eigenvalue weighted by atomic mass is 31.2. The number of phosphoric ester groups is 1. The van der Waals surface area contributed by atoms with Gasteiger partial charge in [-0.2, -0.15) is 0 Å². The van der Waals surface area contributed by atoms with Gasteiger partial charge in [-0.05, 0) is 31.6 Å². The maximum atomic E-state index is 12.8. The van der Waals surface area contributed by atoms with E-state index in [9.17, 15) is 34.1 Å². The molecule has 12 nitrogen and oxygen atoms in total. The van der Waals surface area contributed by atoms with E-state index in [1.54, 1.807) is 12.2 Å². The molecule has 0 aromatic rings. The molecule has 13 heteroatoms. The van der Waals surface area contributed by atoms with Crippen molar-refractivity contribution in [3.63, 3.8) is 0 Å². The SMILES string of the molecule is CCCCCCCCCCCCCCCCC(=O)OC[C@H](COP(=O)([O-])OCC[N+](C)(C)C)OC(=O)CCCCCC[C@H]1[C@@H](O)CC(=O)[C@@H]1/C=C/[C@@H](O)CCCCC. The van der Waals surface area contributed by atoms with Crippen LogP contribution in [0.15, 0.2) is 12.2 Å². The van der Waals surface area contributed by atoms with E-state index in [-0.39, 0.29) is 44.2 Å². The van der Waals surface area contributed by atoms with Crippen molar-refractivity contribution in [1.82, 2.24) is 0 Å². The van der Waals surface area contributed by atoms with Gasteiger partial charge in [0.1, 0.15) is 25.5 Å². The van der Waals surface area contributed by atoms with Crippen LogP contribution in [0.1, 0.15) is 181 Å². The number of carbonyl (C=O) groups excluding carboxylic acids is 3. The zero-order valence-corrected chi connectivity index (χ0v) is 38.1. The van der Waals surface area contributed by atoms with Crippen molar-refractivity contribution in [2.45, 2.75) is 199 Å². The summed E-state index contributed by atoms with van der Waals surface area (Å²) >= 11 is 0. The van der Waals surface area contributed by atoms with Crippen LogP contribution in [0.3, 0.4) is 0 Å². The third-order valence-corrected chi connectivity index (χ3v) is 11.9. The first-order valence-corrected chi connectivity index (χ1v) is 24.5. The molecule has 2 N–H and O–H groups in total. The molecule has 0 spiro atoms. The van der Waals surface area contributed by atoms with Crippen LogP contribution in [-0.4, -0.2) is 98.2 Å². The summed E-state index contributed by atoms with van der Waals surface area (Å²) in [5.74, 6) is -1.57. The Bertz CT molecular complexity index is 1160. The van der Waals surface area contributed by atoms with Gasteiger partial charge >= 0.3 is 11.9 Å². The van der Waals surface area contributed by atoms with Gasteiger partial charge in [-0.25, -0.2) is 0 Å². The summed E-state index contributed by atoms with van der Waals surface area (Å²) in [6.07, 6.45) is 25.7. The lowest BCUT2D eigenvalue weighted by Crippen LogP contribution is -2.37. The largest absolute Gasteiger partial charge is 0.756 e. The Kier molecular flexibility index (Phi) is 31.0. The molecule has 1 fully saturated rings. The van der Waals surface area contributed by atoms with Crippen LogP contribution in [0.25, 0.3) is 0 Å². The number of aliphatic hydroxyl groups excluding tert-OH is 2. The second-order valence-electron chi connectivity index (χ2n) is 17.6. The quantitative estimate of drug-likeness (QED) is 0.0200. The molecule has 1 rings (SSSR count). The van der Waals surface area contributed by atoms with Gasteiger partial charge in [-0.15, -0.1) is 0 Å². The number of quaternary nitrogens is 1. The van der Waals surface area contributed by atoms with Crippen molar-refractivity contribution in [2.75, 3.05) is 47.5 Å². The Labute approximate surface area is 352 Å². The van der Waals surface area contributed by atoms with Gasteiger partial charge in [0.15, 0.2) is 6.10 Å². The van der Waals surface area contributed by atoms with Gasteiger partial charge in [-0.1, -0.05) is 148 Å². The highest BCUT2D eigenvalue weighted by molar-refractivity contribution is 7.45. The van der Waals surface area contributed by atoms with E-state index >= 15 is 0 Å². The van der Waals surface area contributed by atoms with Gasteiger partial charge in [0.05, 0.1) is 40.0 Å². The summed E-state index contributed by atoms with van der Waals surface area (Å²) in [6.45, 7) is 3.86. The molecule has 0 aromatic carbocycles. The number of hydrogen-bond acceptors (Lipinski definition) is 11. The van der Waals surface area contributed by atoms with Crippen molar-refractivity contribution in [3.05, 3.63) is 12.2 Å². The zero-order chi connectivity index (χ0) is 43.1.